The first-order valence-electron chi connectivity index (χ1n) is 11.6. The third-order valence-corrected chi connectivity index (χ3v) is 5.63. The molecule has 0 amide bonds. The van der Waals surface area contributed by atoms with Crippen LogP contribution in [0, 0.1) is 5.82 Å². The lowest BCUT2D eigenvalue weighted by atomic mass is 10.0. The van der Waals surface area contributed by atoms with Gasteiger partial charge in [-0.3, -0.25) is 0 Å². The molecule has 1 aliphatic heterocycles. The molecule has 0 spiro atoms. The topological polar surface area (TPSA) is 67.3 Å². The molecule has 4 nitrogen and oxygen atoms in total. The molecule has 34 heavy (non-hydrogen) atoms. The van der Waals surface area contributed by atoms with E-state index in [0.29, 0.717) is 13.0 Å². The van der Waals surface area contributed by atoms with Gasteiger partial charge in [0.15, 0.2) is 0 Å². The van der Waals surface area contributed by atoms with Crippen LogP contribution >= 0.6 is 0 Å². The van der Waals surface area contributed by atoms with Crippen LogP contribution in [0.15, 0.2) is 110 Å². The molecule has 1 heterocycles. The highest BCUT2D eigenvalue weighted by molar-refractivity contribution is 5.26. The summed E-state index contributed by atoms with van der Waals surface area (Å²) in [7, 11) is 0. The van der Waals surface area contributed by atoms with Gasteiger partial charge in [-0.05, 0) is 60.0 Å². The second-order valence-electron chi connectivity index (χ2n) is 8.43. The quantitative estimate of drug-likeness (QED) is 0.350. The van der Waals surface area contributed by atoms with Crippen LogP contribution in [0.3, 0.4) is 0 Å². The summed E-state index contributed by atoms with van der Waals surface area (Å²) in [5.74, 6) is 0.179. The summed E-state index contributed by atoms with van der Waals surface area (Å²) in [6.45, 7) is 21.6. The van der Waals surface area contributed by atoms with E-state index in [9.17, 15) is 4.39 Å². The molecule has 0 aromatic heterocycles. The fourth-order valence-corrected chi connectivity index (χ4v) is 3.77. The number of allylic oxidation sites excluding steroid dienone is 4. The van der Waals surface area contributed by atoms with Crippen LogP contribution < -0.4 is 16.8 Å². The maximum atomic E-state index is 12.8. The third kappa shape index (κ3) is 9.18. The van der Waals surface area contributed by atoms with Crippen LogP contribution in [0.4, 0.5) is 4.39 Å². The van der Waals surface area contributed by atoms with Crippen molar-refractivity contribution in [3.8, 4) is 0 Å². The number of halogens is 1. The molecule has 0 bridgehead atoms. The van der Waals surface area contributed by atoms with Crippen LogP contribution in [0.1, 0.15) is 44.6 Å². The Balaban J connectivity index is 0.000000479. The minimum absolute atomic E-state index is 0.0995. The molecule has 1 aromatic carbocycles. The summed E-state index contributed by atoms with van der Waals surface area (Å²) in [5.41, 5.74) is 15.9. The molecule has 0 saturated carbocycles. The van der Waals surface area contributed by atoms with E-state index in [4.69, 9.17) is 11.5 Å². The van der Waals surface area contributed by atoms with Gasteiger partial charge in [-0.25, -0.2) is 4.39 Å². The number of hydrogen-bond acceptors (Lipinski definition) is 4. The number of likely N-dealkylation sites (tertiary alicyclic amines) is 1. The second kappa shape index (κ2) is 15.4. The molecule has 0 radical (unpaired) electrons. The molecule has 1 aromatic rings. The van der Waals surface area contributed by atoms with Crippen LogP contribution in [0.2, 0.25) is 0 Å². The maximum Gasteiger partial charge on any atom is 0.126 e. The van der Waals surface area contributed by atoms with Gasteiger partial charge < -0.3 is 21.7 Å². The summed E-state index contributed by atoms with van der Waals surface area (Å²) < 4.78 is 12.8. The Morgan fingerprint density at radius 2 is 1.91 bits per heavy atom. The van der Waals surface area contributed by atoms with Gasteiger partial charge in [-0.15, -0.1) is 0 Å². The molecule has 2 rings (SSSR count). The molecule has 1 fully saturated rings. The Bertz CT molecular complexity index is 924. The minimum Gasteiger partial charge on any atom is -0.405 e. The fourth-order valence-electron chi connectivity index (χ4n) is 3.77. The van der Waals surface area contributed by atoms with Crippen LogP contribution in [-0.4, -0.2) is 24.0 Å². The van der Waals surface area contributed by atoms with Crippen molar-refractivity contribution in [2.45, 2.75) is 45.1 Å². The standard InChI is InChI=1S/C20H30N4.C9H11F/c1-5-8-18(6-2)15-23-17(4)20-9-7-12-24(20)16(3)13-19(14-22)10-11-21;1-7(2)8-5-3-4-6-9(8)10/h5-6,8,10-11,14,20,23H,1-4,7,9,12-13,15,21-22H2;3-7H,1-2H3/b11-10-,18-8+,19-14+;. The normalized spacial score (nSPS) is 16.2. The Hall–Kier alpha value is -3.47. The predicted molar refractivity (Wildman–Crippen MR) is 145 cm³/mol. The first-order chi connectivity index (χ1) is 16.3. The molecule has 1 saturated heterocycles. The van der Waals surface area contributed by atoms with Crippen molar-refractivity contribution in [3.63, 3.8) is 0 Å². The van der Waals surface area contributed by atoms with E-state index in [2.05, 4.69) is 36.5 Å². The first kappa shape index (κ1) is 28.6. The molecule has 1 atom stereocenters. The van der Waals surface area contributed by atoms with Crippen molar-refractivity contribution in [1.29, 1.82) is 0 Å². The van der Waals surface area contributed by atoms with Crippen LogP contribution in [0.5, 0.6) is 0 Å². The van der Waals surface area contributed by atoms with Crippen molar-refractivity contribution >= 4 is 0 Å². The number of rotatable bonds is 11. The number of nitrogens with one attached hydrogen (secondary N) is 1. The molecule has 1 aliphatic rings. The third-order valence-electron chi connectivity index (χ3n) is 5.63. The van der Waals surface area contributed by atoms with E-state index in [1.165, 1.54) is 12.3 Å². The second-order valence-corrected chi connectivity index (χ2v) is 8.43. The van der Waals surface area contributed by atoms with E-state index in [1.807, 2.05) is 38.1 Å². The lowest BCUT2D eigenvalue weighted by Crippen LogP contribution is -2.35. The lowest BCUT2D eigenvalue weighted by Gasteiger charge is -2.31. The molecule has 1 unspecified atom stereocenters. The Labute approximate surface area is 205 Å². The van der Waals surface area contributed by atoms with E-state index >= 15 is 0 Å². The molecular weight excluding hydrogens is 423 g/mol. The summed E-state index contributed by atoms with van der Waals surface area (Å²) in [4.78, 5) is 2.30. The lowest BCUT2D eigenvalue weighted by molar-refractivity contribution is 0.339. The van der Waals surface area contributed by atoms with Crippen LogP contribution in [0.25, 0.3) is 0 Å². The molecular formula is C29H41FN4. The Kier molecular flexibility index (Phi) is 12.9. The predicted octanol–water partition coefficient (Wildman–Crippen LogP) is 6.02. The van der Waals surface area contributed by atoms with Crippen molar-refractivity contribution in [3.05, 3.63) is 121 Å². The van der Waals surface area contributed by atoms with Gasteiger partial charge in [-0.1, -0.05) is 76.6 Å². The zero-order chi connectivity index (χ0) is 25.5. The number of nitrogens with two attached hydrogens (primary N) is 2. The highest BCUT2D eigenvalue weighted by Gasteiger charge is 2.27. The highest BCUT2D eigenvalue weighted by atomic mass is 19.1. The van der Waals surface area contributed by atoms with Gasteiger partial charge in [0.05, 0.1) is 6.04 Å². The number of hydrogen-bond donors (Lipinski definition) is 3. The smallest absolute Gasteiger partial charge is 0.126 e. The Morgan fingerprint density at radius 1 is 1.21 bits per heavy atom. The first-order valence-corrected chi connectivity index (χ1v) is 11.6. The zero-order valence-electron chi connectivity index (χ0n) is 20.8. The van der Waals surface area contributed by atoms with Crippen molar-refractivity contribution in [2.75, 3.05) is 13.1 Å². The average Bonchev–Trinajstić information content (AvgIpc) is 3.32. The van der Waals surface area contributed by atoms with Gasteiger partial charge >= 0.3 is 0 Å². The monoisotopic (exact) mass is 464 g/mol. The molecule has 5 heteroatoms. The fraction of sp³-hybridized carbons (Fsp3) is 0.310. The Morgan fingerprint density at radius 3 is 2.44 bits per heavy atom. The largest absolute Gasteiger partial charge is 0.405 e. The highest BCUT2D eigenvalue weighted by Crippen LogP contribution is 2.28. The molecule has 5 N–H and O–H groups in total. The summed E-state index contributed by atoms with van der Waals surface area (Å²) >= 11 is 0. The van der Waals surface area contributed by atoms with Crippen molar-refractivity contribution in [2.24, 2.45) is 11.5 Å². The molecule has 0 aliphatic carbocycles. The summed E-state index contributed by atoms with van der Waals surface area (Å²) in [6, 6.07) is 7.13. The van der Waals surface area contributed by atoms with Gasteiger partial charge in [0, 0.05) is 30.9 Å². The van der Waals surface area contributed by atoms with Gasteiger partial charge in [0.25, 0.3) is 0 Å². The van der Waals surface area contributed by atoms with E-state index in [0.717, 1.165) is 47.5 Å². The SMILES string of the molecule is C=C/C=C(\C=C)CNC(=C)C1CCCN1C(=C)CC(/C=C\N)=C/N.CC(C)c1ccccc1F. The average molecular weight is 465 g/mol. The van der Waals surface area contributed by atoms with E-state index < -0.39 is 0 Å². The number of nitrogens with zero attached hydrogens (tertiary/aromatic N) is 1. The van der Waals surface area contributed by atoms with Crippen molar-refractivity contribution < 1.29 is 4.39 Å². The zero-order valence-corrected chi connectivity index (χ0v) is 20.8. The van der Waals surface area contributed by atoms with E-state index in [-0.39, 0.29) is 17.8 Å². The maximum absolute atomic E-state index is 12.8. The van der Waals surface area contributed by atoms with Crippen molar-refractivity contribution in [1.82, 2.24) is 10.2 Å². The van der Waals surface area contributed by atoms with Crippen LogP contribution in [-0.2, 0) is 0 Å². The van der Waals surface area contributed by atoms with E-state index in [1.54, 1.807) is 24.4 Å². The summed E-state index contributed by atoms with van der Waals surface area (Å²) in [6.07, 6.45) is 13.3. The van der Waals surface area contributed by atoms with Gasteiger partial charge in [-0.2, -0.15) is 0 Å². The summed E-state index contributed by atoms with van der Waals surface area (Å²) in [5, 5.41) is 3.40. The molecule has 184 valence electrons. The van der Waals surface area contributed by atoms with Gasteiger partial charge in [0.2, 0.25) is 0 Å². The minimum atomic E-state index is -0.0995. The van der Waals surface area contributed by atoms with Gasteiger partial charge in [0.1, 0.15) is 5.82 Å². The number of benzene rings is 1.